The Labute approximate surface area is 92.0 Å². The summed E-state index contributed by atoms with van der Waals surface area (Å²) in [6.07, 6.45) is 7.20. The van der Waals surface area contributed by atoms with Crippen molar-refractivity contribution < 1.29 is 4.79 Å². The van der Waals surface area contributed by atoms with Crippen LogP contribution < -0.4 is 5.73 Å². The molecule has 2 rings (SSSR count). The molecule has 1 amide bonds. The van der Waals surface area contributed by atoms with Crippen molar-refractivity contribution in [2.24, 2.45) is 11.7 Å². The first kappa shape index (κ1) is 10.9. The summed E-state index contributed by atoms with van der Waals surface area (Å²) in [7, 11) is 0. The van der Waals surface area contributed by atoms with E-state index in [1.807, 2.05) is 4.90 Å². The Kier molecular flexibility index (Phi) is 3.29. The van der Waals surface area contributed by atoms with Crippen LogP contribution in [0.2, 0.25) is 0 Å². The number of nitrogens with two attached hydrogens (primary N) is 1. The van der Waals surface area contributed by atoms with E-state index in [0.29, 0.717) is 6.04 Å². The van der Waals surface area contributed by atoms with Gasteiger partial charge in [0.15, 0.2) is 0 Å². The monoisotopic (exact) mass is 210 g/mol. The van der Waals surface area contributed by atoms with Gasteiger partial charge in [0.25, 0.3) is 0 Å². The van der Waals surface area contributed by atoms with Crippen molar-refractivity contribution in [2.75, 3.05) is 6.54 Å². The van der Waals surface area contributed by atoms with Crippen molar-refractivity contribution in [1.29, 1.82) is 0 Å². The van der Waals surface area contributed by atoms with Crippen LogP contribution >= 0.6 is 0 Å². The topological polar surface area (TPSA) is 46.3 Å². The first-order valence-corrected chi connectivity index (χ1v) is 6.26. The van der Waals surface area contributed by atoms with Gasteiger partial charge in [0.2, 0.25) is 5.91 Å². The number of nitrogens with zero attached hydrogens (tertiary/aromatic N) is 1. The molecule has 2 aliphatic rings. The van der Waals surface area contributed by atoms with Gasteiger partial charge in [-0.15, -0.1) is 0 Å². The van der Waals surface area contributed by atoms with Crippen molar-refractivity contribution >= 4 is 5.91 Å². The maximum absolute atomic E-state index is 11.9. The predicted octanol–water partition coefficient (Wildman–Crippen LogP) is 1.51. The first-order chi connectivity index (χ1) is 7.20. The van der Waals surface area contributed by atoms with Crippen LogP contribution in [-0.2, 0) is 4.79 Å². The van der Waals surface area contributed by atoms with Gasteiger partial charge >= 0.3 is 0 Å². The number of likely N-dealkylation sites (tertiary alicyclic amines) is 1. The lowest BCUT2D eigenvalue weighted by Gasteiger charge is -2.38. The number of piperidine rings is 1. The molecule has 1 aliphatic heterocycles. The van der Waals surface area contributed by atoms with Crippen molar-refractivity contribution in [3.63, 3.8) is 0 Å². The highest BCUT2D eigenvalue weighted by molar-refractivity contribution is 5.82. The molecule has 86 valence electrons. The number of hydrogen-bond acceptors (Lipinski definition) is 2. The quantitative estimate of drug-likeness (QED) is 0.751. The van der Waals surface area contributed by atoms with Gasteiger partial charge in [-0.1, -0.05) is 12.8 Å². The lowest BCUT2D eigenvalue weighted by atomic mass is 9.95. The number of carbonyl (C=O) groups is 1. The fraction of sp³-hybridized carbons (Fsp3) is 0.917. The summed E-state index contributed by atoms with van der Waals surface area (Å²) in [5.74, 6) is 0.903. The van der Waals surface area contributed by atoms with E-state index in [9.17, 15) is 4.79 Å². The van der Waals surface area contributed by atoms with Crippen molar-refractivity contribution in [2.45, 2.75) is 57.5 Å². The summed E-state index contributed by atoms with van der Waals surface area (Å²) in [4.78, 5) is 14.0. The van der Waals surface area contributed by atoms with E-state index in [2.05, 4.69) is 6.92 Å². The van der Waals surface area contributed by atoms with E-state index in [1.54, 1.807) is 0 Å². The van der Waals surface area contributed by atoms with Gasteiger partial charge in [0.05, 0.1) is 6.04 Å². The van der Waals surface area contributed by atoms with Crippen LogP contribution in [0, 0.1) is 5.92 Å². The molecule has 2 unspecified atom stereocenters. The third-order valence-electron chi connectivity index (χ3n) is 4.09. The summed E-state index contributed by atoms with van der Waals surface area (Å²) >= 11 is 0. The molecule has 0 aromatic rings. The third kappa shape index (κ3) is 2.17. The smallest absolute Gasteiger partial charge is 0.239 e. The summed E-state index contributed by atoms with van der Waals surface area (Å²) in [6.45, 7) is 3.12. The van der Waals surface area contributed by atoms with Crippen LogP contribution in [0.4, 0.5) is 0 Å². The second-order valence-electron chi connectivity index (χ2n) is 5.07. The Morgan fingerprint density at radius 2 is 1.93 bits per heavy atom. The van der Waals surface area contributed by atoms with Crippen molar-refractivity contribution in [1.82, 2.24) is 4.90 Å². The van der Waals surface area contributed by atoms with Gasteiger partial charge in [-0.25, -0.2) is 0 Å². The van der Waals surface area contributed by atoms with Gasteiger partial charge < -0.3 is 10.6 Å². The summed E-state index contributed by atoms with van der Waals surface area (Å²) in [5.41, 5.74) is 5.81. The first-order valence-electron chi connectivity index (χ1n) is 6.26. The van der Waals surface area contributed by atoms with E-state index in [0.717, 1.165) is 25.3 Å². The molecule has 2 fully saturated rings. The zero-order chi connectivity index (χ0) is 10.8. The largest absolute Gasteiger partial charge is 0.338 e. The van der Waals surface area contributed by atoms with Gasteiger partial charge in [0, 0.05) is 12.6 Å². The minimum absolute atomic E-state index is 0.181. The standard InChI is InChI=1S/C12H22N2O/c1-9(10-5-2-3-6-10)14-8-4-7-11(13)12(14)15/h9-11H,2-8,13H2,1H3. The second kappa shape index (κ2) is 4.52. The summed E-state index contributed by atoms with van der Waals surface area (Å²) in [6, 6.07) is 0.175. The second-order valence-corrected chi connectivity index (χ2v) is 5.07. The Bertz CT molecular complexity index is 236. The lowest BCUT2D eigenvalue weighted by molar-refractivity contribution is -0.138. The van der Waals surface area contributed by atoms with E-state index in [-0.39, 0.29) is 11.9 Å². The fourth-order valence-electron chi connectivity index (χ4n) is 3.03. The van der Waals surface area contributed by atoms with Crippen LogP contribution in [0.25, 0.3) is 0 Å². The molecule has 1 saturated carbocycles. The van der Waals surface area contributed by atoms with Crippen molar-refractivity contribution in [3.05, 3.63) is 0 Å². The molecule has 0 aromatic heterocycles. The molecule has 1 heterocycles. The molecule has 15 heavy (non-hydrogen) atoms. The molecular weight excluding hydrogens is 188 g/mol. The predicted molar refractivity (Wildman–Crippen MR) is 60.3 cm³/mol. The minimum atomic E-state index is -0.234. The van der Waals surface area contributed by atoms with Crippen LogP contribution in [-0.4, -0.2) is 29.4 Å². The minimum Gasteiger partial charge on any atom is -0.338 e. The van der Waals surface area contributed by atoms with Crippen LogP contribution in [0.5, 0.6) is 0 Å². The maximum atomic E-state index is 11.9. The molecule has 3 nitrogen and oxygen atoms in total. The van der Waals surface area contributed by atoms with Gasteiger partial charge in [-0.3, -0.25) is 4.79 Å². The summed E-state index contributed by atoms with van der Waals surface area (Å²) < 4.78 is 0. The lowest BCUT2D eigenvalue weighted by Crippen LogP contribution is -2.53. The number of rotatable bonds is 2. The van der Waals surface area contributed by atoms with Crippen LogP contribution in [0.3, 0.4) is 0 Å². The van der Waals surface area contributed by atoms with Gasteiger partial charge in [-0.2, -0.15) is 0 Å². The Morgan fingerprint density at radius 3 is 2.60 bits per heavy atom. The van der Waals surface area contributed by atoms with Crippen molar-refractivity contribution in [3.8, 4) is 0 Å². The molecule has 1 saturated heterocycles. The average Bonchev–Trinajstić information content (AvgIpc) is 2.74. The fourth-order valence-corrected chi connectivity index (χ4v) is 3.03. The highest BCUT2D eigenvalue weighted by Crippen LogP contribution is 2.31. The van der Waals surface area contributed by atoms with Crippen LogP contribution in [0.1, 0.15) is 45.4 Å². The molecule has 3 heteroatoms. The van der Waals surface area contributed by atoms with E-state index >= 15 is 0 Å². The Balaban J connectivity index is 1.98. The van der Waals surface area contributed by atoms with E-state index in [1.165, 1.54) is 25.7 Å². The molecule has 0 spiro atoms. The molecule has 0 radical (unpaired) electrons. The molecule has 0 bridgehead atoms. The zero-order valence-corrected chi connectivity index (χ0v) is 9.61. The highest BCUT2D eigenvalue weighted by Gasteiger charge is 2.33. The number of hydrogen-bond donors (Lipinski definition) is 1. The van der Waals surface area contributed by atoms with E-state index < -0.39 is 0 Å². The maximum Gasteiger partial charge on any atom is 0.239 e. The molecule has 2 atom stereocenters. The van der Waals surface area contributed by atoms with Gasteiger partial charge in [-0.05, 0) is 38.5 Å². The Morgan fingerprint density at radius 1 is 1.27 bits per heavy atom. The Hall–Kier alpha value is -0.570. The molecule has 0 aromatic carbocycles. The third-order valence-corrected chi connectivity index (χ3v) is 4.09. The average molecular weight is 210 g/mol. The molecule has 2 N–H and O–H groups in total. The molecular formula is C12H22N2O. The zero-order valence-electron chi connectivity index (χ0n) is 9.61. The summed E-state index contributed by atoms with van der Waals surface area (Å²) in [5, 5.41) is 0. The normalized spacial score (nSPS) is 30.9. The molecule has 1 aliphatic carbocycles. The SMILES string of the molecule is CC(C1CCCC1)N1CCCC(N)C1=O. The number of carbonyl (C=O) groups excluding carboxylic acids is 1. The number of amides is 1. The highest BCUT2D eigenvalue weighted by atomic mass is 16.2. The van der Waals surface area contributed by atoms with Crippen LogP contribution in [0.15, 0.2) is 0 Å². The van der Waals surface area contributed by atoms with Gasteiger partial charge in [0.1, 0.15) is 0 Å². The van der Waals surface area contributed by atoms with E-state index in [4.69, 9.17) is 5.73 Å².